The fraction of sp³-hybridized carbons (Fsp3) is 0.400. The maximum Gasteiger partial charge on any atom is 0.155 e. The number of nitrogens with zero attached hydrogens (tertiary/aromatic N) is 3. The van der Waals surface area contributed by atoms with Crippen molar-refractivity contribution < 1.29 is 0 Å². The quantitative estimate of drug-likeness (QED) is 0.720. The fourth-order valence-electron chi connectivity index (χ4n) is 1.96. The Balaban J connectivity index is 2.04. The Labute approximate surface area is 82.0 Å². The molecule has 72 valence electrons. The molecule has 1 aliphatic rings. The lowest BCUT2D eigenvalue weighted by atomic mass is 10.1. The highest BCUT2D eigenvalue weighted by Crippen LogP contribution is 2.20. The van der Waals surface area contributed by atoms with E-state index < -0.39 is 0 Å². The van der Waals surface area contributed by atoms with Gasteiger partial charge in [-0.2, -0.15) is 5.10 Å². The van der Waals surface area contributed by atoms with Crippen molar-refractivity contribution in [3.8, 4) is 0 Å². The van der Waals surface area contributed by atoms with Crippen LogP contribution in [0.15, 0.2) is 24.5 Å². The van der Waals surface area contributed by atoms with Gasteiger partial charge in [0, 0.05) is 30.4 Å². The Morgan fingerprint density at radius 3 is 3.29 bits per heavy atom. The van der Waals surface area contributed by atoms with E-state index in [0.717, 1.165) is 18.7 Å². The highest BCUT2D eigenvalue weighted by Gasteiger charge is 2.17. The van der Waals surface area contributed by atoms with Gasteiger partial charge in [0.05, 0.1) is 6.20 Å². The van der Waals surface area contributed by atoms with Crippen molar-refractivity contribution in [3.05, 3.63) is 30.2 Å². The van der Waals surface area contributed by atoms with E-state index in [-0.39, 0.29) is 0 Å². The highest BCUT2D eigenvalue weighted by atomic mass is 15.2. The molecule has 14 heavy (non-hydrogen) atoms. The van der Waals surface area contributed by atoms with Gasteiger partial charge in [-0.15, -0.1) is 0 Å². The monoisotopic (exact) mass is 188 g/mol. The molecule has 3 rings (SSSR count). The lowest BCUT2D eigenvalue weighted by Gasteiger charge is -2.06. The van der Waals surface area contributed by atoms with E-state index in [1.807, 2.05) is 12.3 Å². The highest BCUT2D eigenvalue weighted by molar-refractivity contribution is 5.37. The maximum atomic E-state index is 4.58. The number of hydrogen-bond donors (Lipinski definition) is 1. The van der Waals surface area contributed by atoms with Crippen LogP contribution in [-0.4, -0.2) is 27.7 Å². The number of rotatable bonds is 1. The Morgan fingerprint density at radius 2 is 2.43 bits per heavy atom. The third-order valence-electron chi connectivity index (χ3n) is 2.76. The van der Waals surface area contributed by atoms with Crippen molar-refractivity contribution in [3.63, 3.8) is 0 Å². The van der Waals surface area contributed by atoms with Crippen LogP contribution in [0.2, 0.25) is 0 Å². The molecule has 1 atom stereocenters. The smallest absolute Gasteiger partial charge is 0.155 e. The van der Waals surface area contributed by atoms with Crippen LogP contribution in [0.3, 0.4) is 0 Å². The molecule has 0 spiro atoms. The second-order valence-electron chi connectivity index (χ2n) is 3.68. The second-order valence-corrected chi connectivity index (χ2v) is 3.68. The van der Waals surface area contributed by atoms with Gasteiger partial charge >= 0.3 is 0 Å². The summed E-state index contributed by atoms with van der Waals surface area (Å²) in [5.41, 5.74) is 2.12. The van der Waals surface area contributed by atoms with Gasteiger partial charge in [0.25, 0.3) is 0 Å². The normalized spacial score (nSPS) is 21.9. The number of hydrogen-bond acceptors (Lipinski definition) is 3. The Bertz CT molecular complexity index is 442. The average Bonchev–Trinajstić information content (AvgIpc) is 2.88. The second kappa shape index (κ2) is 3.06. The van der Waals surface area contributed by atoms with Crippen molar-refractivity contribution in [2.24, 2.45) is 0 Å². The Morgan fingerprint density at radius 1 is 1.43 bits per heavy atom. The molecular formula is C10H12N4. The third-order valence-corrected chi connectivity index (χ3v) is 2.76. The van der Waals surface area contributed by atoms with Crippen LogP contribution in [0.25, 0.3) is 5.65 Å². The molecule has 0 saturated carbocycles. The van der Waals surface area contributed by atoms with Crippen molar-refractivity contribution in [1.82, 2.24) is 19.9 Å². The van der Waals surface area contributed by atoms with Crippen molar-refractivity contribution >= 4 is 5.65 Å². The van der Waals surface area contributed by atoms with E-state index in [1.165, 1.54) is 12.1 Å². The lowest BCUT2D eigenvalue weighted by Crippen LogP contribution is -2.09. The van der Waals surface area contributed by atoms with E-state index in [0.29, 0.717) is 5.92 Å². The summed E-state index contributed by atoms with van der Waals surface area (Å²) < 4.78 is 1.80. The van der Waals surface area contributed by atoms with E-state index in [4.69, 9.17) is 0 Å². The summed E-state index contributed by atoms with van der Waals surface area (Å²) in [7, 11) is 0. The Kier molecular flexibility index (Phi) is 1.73. The number of aromatic nitrogens is 3. The molecule has 1 unspecified atom stereocenters. The molecule has 0 bridgehead atoms. The van der Waals surface area contributed by atoms with Crippen LogP contribution in [0.4, 0.5) is 0 Å². The summed E-state index contributed by atoms with van der Waals surface area (Å²) >= 11 is 0. The van der Waals surface area contributed by atoms with Gasteiger partial charge in [0.15, 0.2) is 5.65 Å². The molecule has 1 saturated heterocycles. The predicted octanol–water partition coefficient (Wildman–Crippen LogP) is 0.806. The number of nitrogens with one attached hydrogen (secondary N) is 1. The zero-order valence-corrected chi connectivity index (χ0v) is 7.85. The molecule has 4 heteroatoms. The summed E-state index contributed by atoms with van der Waals surface area (Å²) in [4.78, 5) is 4.58. The van der Waals surface area contributed by atoms with Crippen LogP contribution in [0.5, 0.6) is 0 Å². The van der Waals surface area contributed by atoms with Crippen LogP contribution in [0.1, 0.15) is 18.0 Å². The van der Waals surface area contributed by atoms with Crippen LogP contribution < -0.4 is 5.32 Å². The van der Waals surface area contributed by atoms with E-state index in [9.17, 15) is 0 Å². The Hall–Kier alpha value is -1.42. The molecule has 0 aliphatic carbocycles. The zero-order valence-electron chi connectivity index (χ0n) is 7.85. The molecule has 4 nitrogen and oxygen atoms in total. The molecule has 3 heterocycles. The number of fused-ring (bicyclic) bond motifs is 1. The lowest BCUT2D eigenvalue weighted by molar-refractivity contribution is 0.730. The van der Waals surface area contributed by atoms with Gasteiger partial charge in [-0.1, -0.05) is 0 Å². The molecule has 0 radical (unpaired) electrons. The molecule has 1 N–H and O–H groups in total. The van der Waals surface area contributed by atoms with E-state index in [1.54, 1.807) is 10.7 Å². The molecule has 0 aromatic carbocycles. The largest absolute Gasteiger partial charge is 0.316 e. The minimum atomic E-state index is 0.579. The minimum absolute atomic E-state index is 0.579. The molecule has 2 aromatic rings. The molecular weight excluding hydrogens is 176 g/mol. The fourth-order valence-corrected chi connectivity index (χ4v) is 1.96. The van der Waals surface area contributed by atoms with Crippen molar-refractivity contribution in [1.29, 1.82) is 0 Å². The average molecular weight is 188 g/mol. The first-order valence-electron chi connectivity index (χ1n) is 4.94. The molecule has 0 amide bonds. The molecule has 1 fully saturated rings. The SMILES string of the molecule is c1cc2nc(C3CCNC3)ccn2n1. The van der Waals surface area contributed by atoms with Gasteiger partial charge < -0.3 is 5.32 Å². The summed E-state index contributed by atoms with van der Waals surface area (Å²) in [5.74, 6) is 0.579. The maximum absolute atomic E-state index is 4.58. The third kappa shape index (κ3) is 1.19. The van der Waals surface area contributed by atoms with Crippen LogP contribution >= 0.6 is 0 Å². The first-order valence-corrected chi connectivity index (χ1v) is 4.94. The standard InChI is InChI=1S/C10H12N4/c1-4-11-7-8(1)9-3-6-14-10(13-9)2-5-12-14/h2-3,5-6,8,11H,1,4,7H2. The predicted molar refractivity (Wildman–Crippen MR) is 53.2 cm³/mol. The van der Waals surface area contributed by atoms with E-state index >= 15 is 0 Å². The summed E-state index contributed by atoms with van der Waals surface area (Å²) in [6.45, 7) is 2.16. The minimum Gasteiger partial charge on any atom is -0.316 e. The van der Waals surface area contributed by atoms with Crippen molar-refractivity contribution in [2.75, 3.05) is 13.1 Å². The van der Waals surface area contributed by atoms with Gasteiger partial charge in [-0.25, -0.2) is 9.50 Å². The summed E-state index contributed by atoms with van der Waals surface area (Å²) in [5, 5.41) is 7.48. The molecule has 2 aromatic heterocycles. The van der Waals surface area contributed by atoms with Crippen LogP contribution in [0, 0.1) is 0 Å². The topological polar surface area (TPSA) is 42.2 Å². The van der Waals surface area contributed by atoms with E-state index in [2.05, 4.69) is 21.5 Å². The summed E-state index contributed by atoms with van der Waals surface area (Å²) in [6, 6.07) is 4.00. The van der Waals surface area contributed by atoms with Crippen molar-refractivity contribution in [2.45, 2.75) is 12.3 Å². The first-order chi connectivity index (χ1) is 6.93. The first kappa shape index (κ1) is 7.94. The summed E-state index contributed by atoms with van der Waals surface area (Å²) in [6.07, 6.45) is 4.95. The van der Waals surface area contributed by atoms with Gasteiger partial charge in [-0.3, -0.25) is 0 Å². The zero-order chi connectivity index (χ0) is 9.38. The van der Waals surface area contributed by atoms with Gasteiger partial charge in [-0.05, 0) is 19.0 Å². The molecule has 1 aliphatic heterocycles. The van der Waals surface area contributed by atoms with Gasteiger partial charge in [0.1, 0.15) is 0 Å². The van der Waals surface area contributed by atoms with Gasteiger partial charge in [0.2, 0.25) is 0 Å². The van der Waals surface area contributed by atoms with Crippen LogP contribution in [-0.2, 0) is 0 Å².